The van der Waals surface area contributed by atoms with E-state index in [1.807, 2.05) is 0 Å². The number of hydrogen-bond acceptors (Lipinski definition) is 3. The number of hydrogen-bond donors (Lipinski definition) is 0. The molecule has 0 unspecified atom stereocenters. The third-order valence-electron chi connectivity index (χ3n) is 3.23. The van der Waals surface area contributed by atoms with Crippen molar-refractivity contribution in [3.8, 4) is 0 Å². The van der Waals surface area contributed by atoms with Crippen LogP contribution < -0.4 is 0 Å². The van der Waals surface area contributed by atoms with Crippen LogP contribution in [-0.4, -0.2) is 18.4 Å². The van der Waals surface area contributed by atoms with E-state index in [0.29, 0.717) is 25.9 Å². The van der Waals surface area contributed by atoms with E-state index in [1.165, 1.54) is 12.2 Å². The average molecular weight is 262 g/mol. The summed E-state index contributed by atoms with van der Waals surface area (Å²) in [4.78, 5) is 22.8. The van der Waals surface area contributed by atoms with Crippen LogP contribution >= 0.6 is 0 Å². The van der Waals surface area contributed by atoms with E-state index in [0.717, 1.165) is 11.1 Å². The van der Waals surface area contributed by atoms with Gasteiger partial charge in [0.1, 0.15) is 5.83 Å². The number of Topliss-reactive ketones (excluding diaryl/α,β-unsaturated/α-hetero) is 1. The van der Waals surface area contributed by atoms with Crippen molar-refractivity contribution in [3.05, 3.63) is 47.4 Å². The lowest BCUT2D eigenvalue weighted by atomic mass is 9.96. The minimum atomic E-state index is -0.608. The van der Waals surface area contributed by atoms with Crippen LogP contribution in [0.5, 0.6) is 0 Å². The van der Waals surface area contributed by atoms with Gasteiger partial charge in [-0.15, -0.1) is 0 Å². The Morgan fingerprint density at radius 3 is 2.63 bits per heavy atom. The molecule has 0 saturated carbocycles. The standard InChI is InChI=1S/C15H15FO3/c1-10-13(16)6-5-11(3-2-4-14(10)17)12-7-8-19-15(18)9-12/h5-6,9H,1-4,7-8H2/b11-5+,13-6+. The zero-order valence-electron chi connectivity index (χ0n) is 10.6. The van der Waals surface area contributed by atoms with Gasteiger partial charge in [0.05, 0.1) is 6.61 Å². The highest BCUT2D eigenvalue weighted by Crippen LogP contribution is 2.26. The lowest BCUT2D eigenvalue weighted by molar-refractivity contribution is -0.138. The van der Waals surface area contributed by atoms with Gasteiger partial charge in [-0.25, -0.2) is 9.18 Å². The Labute approximate surface area is 111 Å². The zero-order valence-corrected chi connectivity index (χ0v) is 10.6. The summed E-state index contributed by atoms with van der Waals surface area (Å²) in [7, 11) is 0. The fourth-order valence-electron chi connectivity index (χ4n) is 2.12. The molecule has 0 spiro atoms. The first-order valence-corrected chi connectivity index (χ1v) is 6.24. The second-order valence-electron chi connectivity index (χ2n) is 4.55. The molecule has 0 atom stereocenters. The Kier molecular flexibility index (Phi) is 4.10. The van der Waals surface area contributed by atoms with E-state index in [4.69, 9.17) is 4.74 Å². The quantitative estimate of drug-likeness (QED) is 0.539. The second-order valence-corrected chi connectivity index (χ2v) is 4.55. The number of rotatable bonds is 1. The zero-order chi connectivity index (χ0) is 13.8. The molecule has 100 valence electrons. The summed E-state index contributed by atoms with van der Waals surface area (Å²) < 4.78 is 18.5. The van der Waals surface area contributed by atoms with Crippen molar-refractivity contribution in [2.45, 2.75) is 25.7 Å². The maximum atomic E-state index is 13.7. The molecule has 1 aliphatic heterocycles. The molecule has 2 aliphatic rings. The van der Waals surface area contributed by atoms with Gasteiger partial charge in [0, 0.05) is 24.5 Å². The van der Waals surface area contributed by atoms with Gasteiger partial charge < -0.3 is 4.74 Å². The van der Waals surface area contributed by atoms with Crippen LogP contribution in [0.15, 0.2) is 47.4 Å². The lowest BCUT2D eigenvalue weighted by Gasteiger charge is -2.15. The number of halogens is 1. The van der Waals surface area contributed by atoms with Crippen molar-refractivity contribution in [2.75, 3.05) is 6.61 Å². The van der Waals surface area contributed by atoms with E-state index in [1.54, 1.807) is 6.08 Å². The lowest BCUT2D eigenvalue weighted by Crippen LogP contribution is -2.12. The molecular formula is C15H15FO3. The van der Waals surface area contributed by atoms with E-state index in [9.17, 15) is 14.0 Å². The Morgan fingerprint density at radius 2 is 1.89 bits per heavy atom. The molecule has 0 aromatic rings. The Morgan fingerprint density at radius 1 is 1.11 bits per heavy atom. The average Bonchev–Trinajstić information content (AvgIpc) is 2.45. The minimum Gasteiger partial charge on any atom is -0.462 e. The van der Waals surface area contributed by atoms with Crippen molar-refractivity contribution >= 4 is 11.8 Å². The first-order chi connectivity index (χ1) is 9.08. The fraction of sp³-hybridized carbons (Fsp3) is 0.333. The van der Waals surface area contributed by atoms with E-state index >= 15 is 0 Å². The van der Waals surface area contributed by atoms with Crippen molar-refractivity contribution in [1.29, 1.82) is 0 Å². The SMILES string of the molecule is C=C1C(=O)CCC/C(C2=CC(=O)OCC2)=C\C=C/1F. The van der Waals surface area contributed by atoms with Crippen LogP contribution in [-0.2, 0) is 14.3 Å². The van der Waals surface area contributed by atoms with Crippen LogP contribution in [0.25, 0.3) is 0 Å². The number of allylic oxidation sites excluding steroid dienone is 5. The number of esters is 1. The highest BCUT2D eigenvalue weighted by Gasteiger charge is 2.17. The van der Waals surface area contributed by atoms with Crippen LogP contribution in [0.1, 0.15) is 25.7 Å². The molecule has 0 bridgehead atoms. The molecule has 0 N–H and O–H groups in total. The topological polar surface area (TPSA) is 43.4 Å². The molecule has 3 nitrogen and oxygen atoms in total. The predicted molar refractivity (Wildman–Crippen MR) is 68.9 cm³/mol. The highest BCUT2D eigenvalue weighted by molar-refractivity contribution is 5.98. The minimum absolute atomic E-state index is 0.0745. The van der Waals surface area contributed by atoms with E-state index < -0.39 is 5.83 Å². The summed E-state index contributed by atoms with van der Waals surface area (Å²) in [5, 5.41) is 0. The normalized spacial score (nSPS) is 27.0. The van der Waals surface area contributed by atoms with Crippen LogP contribution in [0, 0.1) is 0 Å². The van der Waals surface area contributed by atoms with Crippen molar-refractivity contribution < 1.29 is 18.7 Å². The molecule has 0 amide bonds. The summed E-state index contributed by atoms with van der Waals surface area (Å²) in [5.41, 5.74) is 1.67. The van der Waals surface area contributed by atoms with E-state index in [2.05, 4.69) is 6.58 Å². The first-order valence-electron chi connectivity index (χ1n) is 6.24. The smallest absolute Gasteiger partial charge is 0.331 e. The molecule has 0 saturated heterocycles. The number of carbonyl (C=O) groups excluding carboxylic acids is 2. The van der Waals surface area contributed by atoms with Gasteiger partial charge in [-0.1, -0.05) is 12.7 Å². The number of ketones is 1. The summed E-state index contributed by atoms with van der Waals surface area (Å²) in [6.45, 7) is 3.81. The van der Waals surface area contributed by atoms with Gasteiger partial charge in [0.25, 0.3) is 0 Å². The van der Waals surface area contributed by atoms with Crippen LogP contribution in [0.3, 0.4) is 0 Å². The summed E-state index contributed by atoms with van der Waals surface area (Å²) in [6, 6.07) is 0. The number of cyclic esters (lactones) is 1. The van der Waals surface area contributed by atoms with Gasteiger partial charge in [-0.05, 0) is 30.1 Å². The molecule has 19 heavy (non-hydrogen) atoms. The van der Waals surface area contributed by atoms with Crippen molar-refractivity contribution in [2.24, 2.45) is 0 Å². The molecule has 0 fully saturated rings. The molecular weight excluding hydrogens is 247 g/mol. The maximum absolute atomic E-state index is 13.7. The van der Waals surface area contributed by atoms with E-state index in [-0.39, 0.29) is 23.7 Å². The largest absolute Gasteiger partial charge is 0.462 e. The van der Waals surface area contributed by atoms with Gasteiger partial charge in [0.2, 0.25) is 0 Å². The Hall–Kier alpha value is -1.97. The molecule has 4 heteroatoms. The third-order valence-corrected chi connectivity index (χ3v) is 3.23. The van der Waals surface area contributed by atoms with Crippen molar-refractivity contribution in [1.82, 2.24) is 0 Å². The molecule has 0 aromatic carbocycles. The third kappa shape index (κ3) is 3.28. The monoisotopic (exact) mass is 262 g/mol. The van der Waals surface area contributed by atoms with Gasteiger partial charge >= 0.3 is 5.97 Å². The molecule has 1 heterocycles. The second kappa shape index (κ2) is 5.78. The van der Waals surface area contributed by atoms with Crippen molar-refractivity contribution in [3.63, 3.8) is 0 Å². The summed E-state index contributed by atoms with van der Waals surface area (Å²) in [6.07, 6.45) is 6.48. The summed E-state index contributed by atoms with van der Waals surface area (Å²) in [5.74, 6) is -1.24. The molecule has 0 aromatic heterocycles. The summed E-state index contributed by atoms with van der Waals surface area (Å²) >= 11 is 0. The number of ether oxygens (including phenoxy) is 1. The molecule has 0 radical (unpaired) electrons. The predicted octanol–water partition coefficient (Wildman–Crippen LogP) is 2.95. The molecule has 1 aliphatic carbocycles. The Bertz CT molecular complexity index is 524. The Balaban J connectivity index is 2.28. The fourth-order valence-corrected chi connectivity index (χ4v) is 2.12. The van der Waals surface area contributed by atoms with Crippen LogP contribution in [0.2, 0.25) is 0 Å². The van der Waals surface area contributed by atoms with Crippen LogP contribution in [0.4, 0.5) is 4.39 Å². The maximum Gasteiger partial charge on any atom is 0.331 e. The van der Waals surface area contributed by atoms with Gasteiger partial charge in [0.15, 0.2) is 5.78 Å². The highest BCUT2D eigenvalue weighted by atomic mass is 19.1. The van der Waals surface area contributed by atoms with Gasteiger partial charge in [-0.3, -0.25) is 4.79 Å². The molecule has 2 rings (SSSR count). The first kappa shape index (κ1) is 13.5. The number of carbonyl (C=O) groups is 2. The van der Waals surface area contributed by atoms with Gasteiger partial charge in [-0.2, -0.15) is 0 Å².